The quantitative estimate of drug-likeness (QED) is 0.261. The summed E-state index contributed by atoms with van der Waals surface area (Å²) in [5, 5.41) is 12.8. The predicted octanol–water partition coefficient (Wildman–Crippen LogP) is 5.02. The lowest BCUT2D eigenvalue weighted by molar-refractivity contribution is 0.0358. The first kappa shape index (κ1) is 28.5. The van der Waals surface area contributed by atoms with Gasteiger partial charge in [0.15, 0.2) is 5.69 Å². The smallest absolute Gasteiger partial charge is 0.272 e. The summed E-state index contributed by atoms with van der Waals surface area (Å²) in [6, 6.07) is 27.2. The van der Waals surface area contributed by atoms with Crippen LogP contribution in [0.3, 0.4) is 0 Å². The third-order valence-electron chi connectivity index (χ3n) is 9.07. The Bertz CT molecular complexity index is 1790. The first-order valence-electron chi connectivity index (χ1n) is 15.6. The lowest BCUT2D eigenvalue weighted by atomic mass is 10.0. The molecule has 7 rings (SSSR count). The number of hydrogen-bond acceptors (Lipinski definition) is 6. The second-order valence-corrected chi connectivity index (χ2v) is 11.7. The van der Waals surface area contributed by atoms with Crippen molar-refractivity contribution in [2.45, 2.75) is 32.6 Å². The molecule has 2 aliphatic rings. The molecule has 1 N–H and O–H groups in total. The minimum Gasteiger partial charge on any atom is -0.496 e. The summed E-state index contributed by atoms with van der Waals surface area (Å²) in [7, 11) is 1.72. The molecule has 3 heterocycles. The van der Waals surface area contributed by atoms with Crippen LogP contribution in [0.2, 0.25) is 0 Å². The average Bonchev–Trinajstić information content (AvgIpc) is 3.44. The molecule has 8 heteroatoms. The van der Waals surface area contributed by atoms with Crippen molar-refractivity contribution in [2.24, 2.45) is 0 Å². The van der Waals surface area contributed by atoms with E-state index in [0.717, 1.165) is 86.6 Å². The molecular weight excluding hydrogens is 550 g/mol. The van der Waals surface area contributed by atoms with Gasteiger partial charge in [-0.1, -0.05) is 72.8 Å². The highest BCUT2D eigenvalue weighted by Gasteiger charge is 2.29. The summed E-state index contributed by atoms with van der Waals surface area (Å²) in [4.78, 5) is 18.7. The van der Waals surface area contributed by atoms with E-state index in [2.05, 4.69) is 80.5 Å². The number of hydrogen-bond donors (Lipinski definition) is 1. The standard InChI is InChI=1S/C36H39N5O3/c1-43-34-14-13-28(30-11-4-5-12-31(30)34)24-40-16-15-33-32(25-40)35(38-41(33)18-17-39-19-21-44-22-20-39)36(42)37-23-27-9-6-8-26-7-2-3-10-29(26)27/h2-14H,15-25H2,1H3,(H,37,42). The van der Waals surface area contributed by atoms with Crippen LogP contribution in [0.4, 0.5) is 0 Å². The van der Waals surface area contributed by atoms with Gasteiger partial charge in [0.1, 0.15) is 5.75 Å². The summed E-state index contributed by atoms with van der Waals surface area (Å²) >= 11 is 0. The van der Waals surface area contributed by atoms with Gasteiger partial charge in [0.25, 0.3) is 5.91 Å². The van der Waals surface area contributed by atoms with Crippen molar-refractivity contribution < 1.29 is 14.3 Å². The second kappa shape index (κ2) is 12.8. The number of amides is 1. The van der Waals surface area contributed by atoms with Crippen molar-refractivity contribution in [1.82, 2.24) is 24.9 Å². The van der Waals surface area contributed by atoms with Crippen LogP contribution in [0.5, 0.6) is 5.75 Å². The van der Waals surface area contributed by atoms with Crippen LogP contribution >= 0.6 is 0 Å². The van der Waals surface area contributed by atoms with Crippen LogP contribution in [-0.2, 0) is 37.3 Å². The van der Waals surface area contributed by atoms with E-state index >= 15 is 0 Å². The molecule has 0 atom stereocenters. The third kappa shape index (κ3) is 5.80. The summed E-state index contributed by atoms with van der Waals surface area (Å²) in [6.07, 6.45) is 0.857. The molecule has 0 radical (unpaired) electrons. The second-order valence-electron chi connectivity index (χ2n) is 11.7. The van der Waals surface area contributed by atoms with Crippen LogP contribution in [0.15, 0.2) is 78.9 Å². The molecule has 0 unspecified atom stereocenters. The molecule has 0 aliphatic carbocycles. The molecule has 1 amide bonds. The number of methoxy groups -OCH3 is 1. The molecule has 226 valence electrons. The topological polar surface area (TPSA) is 71.9 Å². The van der Waals surface area contributed by atoms with Gasteiger partial charge in [-0.15, -0.1) is 0 Å². The lowest BCUT2D eigenvalue weighted by Crippen LogP contribution is -2.38. The summed E-state index contributed by atoms with van der Waals surface area (Å²) in [5.41, 5.74) is 5.14. The zero-order valence-corrected chi connectivity index (χ0v) is 25.3. The monoisotopic (exact) mass is 589 g/mol. The van der Waals surface area contributed by atoms with Crippen molar-refractivity contribution in [2.75, 3.05) is 46.5 Å². The maximum Gasteiger partial charge on any atom is 0.272 e. The first-order valence-corrected chi connectivity index (χ1v) is 15.6. The predicted molar refractivity (Wildman–Crippen MR) is 173 cm³/mol. The fourth-order valence-corrected chi connectivity index (χ4v) is 6.71. The Morgan fingerprint density at radius 3 is 2.45 bits per heavy atom. The van der Waals surface area contributed by atoms with Gasteiger partial charge in [-0.2, -0.15) is 5.10 Å². The number of ether oxygens (including phenoxy) is 2. The zero-order valence-electron chi connectivity index (χ0n) is 25.3. The molecule has 1 fully saturated rings. The molecule has 0 saturated carbocycles. The van der Waals surface area contributed by atoms with Crippen LogP contribution in [-0.4, -0.2) is 72.0 Å². The molecule has 0 spiro atoms. The first-order chi connectivity index (χ1) is 21.7. The highest BCUT2D eigenvalue weighted by atomic mass is 16.5. The van der Waals surface area contributed by atoms with E-state index in [1.54, 1.807) is 7.11 Å². The number of nitrogens with one attached hydrogen (secondary N) is 1. The maximum atomic E-state index is 13.8. The van der Waals surface area contributed by atoms with Gasteiger partial charge in [0, 0.05) is 68.9 Å². The number of benzene rings is 4. The van der Waals surface area contributed by atoms with Gasteiger partial charge in [-0.05, 0) is 33.4 Å². The van der Waals surface area contributed by atoms with Gasteiger partial charge in [0.2, 0.25) is 0 Å². The molecule has 0 bridgehead atoms. The van der Waals surface area contributed by atoms with E-state index in [1.165, 1.54) is 22.0 Å². The number of nitrogens with zero attached hydrogens (tertiary/aromatic N) is 4. The van der Waals surface area contributed by atoms with Crippen molar-refractivity contribution in [3.05, 3.63) is 107 Å². The highest BCUT2D eigenvalue weighted by Crippen LogP contribution is 2.31. The van der Waals surface area contributed by atoms with Crippen molar-refractivity contribution in [3.63, 3.8) is 0 Å². The molecule has 4 aromatic carbocycles. The average molecular weight is 590 g/mol. The Morgan fingerprint density at radius 1 is 0.841 bits per heavy atom. The third-order valence-corrected chi connectivity index (χ3v) is 9.07. The molecular formula is C36H39N5O3. The van der Waals surface area contributed by atoms with Crippen LogP contribution in [0, 0.1) is 0 Å². The maximum absolute atomic E-state index is 13.8. The fraction of sp³-hybridized carbons (Fsp3) is 0.333. The Labute approximate surface area is 258 Å². The van der Waals surface area contributed by atoms with Gasteiger partial charge in [-0.3, -0.25) is 19.3 Å². The number of aromatic nitrogens is 2. The largest absolute Gasteiger partial charge is 0.496 e. The number of fused-ring (bicyclic) bond motifs is 3. The SMILES string of the molecule is COc1ccc(CN2CCc3c(c(C(=O)NCc4cccc5ccccc45)nn3CCN3CCOCC3)C2)c2ccccc12. The van der Waals surface area contributed by atoms with E-state index in [1.807, 2.05) is 18.2 Å². The summed E-state index contributed by atoms with van der Waals surface area (Å²) in [6.45, 7) is 7.92. The van der Waals surface area contributed by atoms with Gasteiger partial charge < -0.3 is 14.8 Å². The number of carbonyl (C=O) groups is 1. The van der Waals surface area contributed by atoms with Crippen molar-refractivity contribution in [3.8, 4) is 5.75 Å². The van der Waals surface area contributed by atoms with Crippen molar-refractivity contribution in [1.29, 1.82) is 0 Å². The summed E-state index contributed by atoms with van der Waals surface area (Å²) in [5.74, 6) is 0.771. The Morgan fingerprint density at radius 2 is 1.61 bits per heavy atom. The Balaban J connectivity index is 1.14. The Kier molecular flexibility index (Phi) is 8.29. The lowest BCUT2D eigenvalue weighted by Gasteiger charge is -2.29. The van der Waals surface area contributed by atoms with E-state index < -0.39 is 0 Å². The van der Waals surface area contributed by atoms with E-state index in [-0.39, 0.29) is 5.91 Å². The van der Waals surface area contributed by atoms with E-state index in [4.69, 9.17) is 14.6 Å². The van der Waals surface area contributed by atoms with Gasteiger partial charge >= 0.3 is 0 Å². The van der Waals surface area contributed by atoms with Crippen LogP contribution < -0.4 is 10.1 Å². The molecule has 8 nitrogen and oxygen atoms in total. The van der Waals surface area contributed by atoms with Crippen LogP contribution in [0.25, 0.3) is 21.5 Å². The molecule has 1 aromatic heterocycles. The molecule has 5 aromatic rings. The summed E-state index contributed by atoms with van der Waals surface area (Å²) < 4.78 is 13.3. The van der Waals surface area contributed by atoms with Crippen molar-refractivity contribution >= 4 is 27.5 Å². The molecule has 44 heavy (non-hydrogen) atoms. The minimum atomic E-state index is -0.115. The van der Waals surface area contributed by atoms with E-state index in [9.17, 15) is 4.79 Å². The van der Waals surface area contributed by atoms with Gasteiger partial charge in [0.05, 0.1) is 26.9 Å². The highest BCUT2D eigenvalue weighted by molar-refractivity contribution is 5.95. The molecule has 1 saturated heterocycles. The number of morpholine rings is 1. The number of rotatable bonds is 9. The van der Waals surface area contributed by atoms with Crippen LogP contribution in [0.1, 0.15) is 32.9 Å². The molecule has 2 aliphatic heterocycles. The minimum absolute atomic E-state index is 0.115. The van der Waals surface area contributed by atoms with E-state index in [0.29, 0.717) is 18.8 Å². The normalized spacial score (nSPS) is 15.8. The Hall–Kier alpha value is -4.24. The number of carbonyl (C=O) groups excluding carboxylic acids is 1. The fourth-order valence-electron chi connectivity index (χ4n) is 6.71. The van der Waals surface area contributed by atoms with Gasteiger partial charge in [-0.25, -0.2) is 0 Å². The zero-order chi connectivity index (χ0) is 29.9.